The van der Waals surface area contributed by atoms with Crippen LogP contribution in [0.4, 0.5) is 0 Å². The summed E-state index contributed by atoms with van der Waals surface area (Å²) in [7, 11) is 1.91. The molecular formula is C6H12N3. The van der Waals surface area contributed by atoms with Crippen molar-refractivity contribution in [3.63, 3.8) is 0 Å². The first-order valence-electron chi connectivity index (χ1n) is 3.10. The van der Waals surface area contributed by atoms with E-state index in [9.17, 15) is 0 Å². The summed E-state index contributed by atoms with van der Waals surface area (Å²) >= 11 is 0. The molecule has 1 radical (unpaired) electrons. The Kier molecular flexibility index (Phi) is 1.60. The Morgan fingerprint density at radius 3 is 2.89 bits per heavy atom. The molecule has 3 nitrogen and oxygen atoms in total. The Balaban J connectivity index is 2.51. The molecule has 0 aromatic carbocycles. The van der Waals surface area contributed by atoms with Crippen LogP contribution in [-0.4, -0.2) is 30.5 Å². The van der Waals surface area contributed by atoms with Crippen LogP contribution >= 0.6 is 0 Å². The third kappa shape index (κ3) is 0.992. The molecule has 9 heavy (non-hydrogen) atoms. The highest BCUT2D eigenvalue weighted by atomic mass is 15.3. The number of hydrogen-bond acceptors (Lipinski definition) is 1. The van der Waals surface area contributed by atoms with Crippen LogP contribution in [0.25, 0.3) is 0 Å². The van der Waals surface area contributed by atoms with Crippen LogP contribution < -0.4 is 5.32 Å². The molecule has 1 rings (SSSR count). The zero-order chi connectivity index (χ0) is 6.85. The third-order valence-electron chi connectivity index (χ3n) is 1.74. The van der Waals surface area contributed by atoms with Gasteiger partial charge in [0.2, 0.25) is 0 Å². The average molecular weight is 126 g/mol. The second kappa shape index (κ2) is 2.25. The van der Waals surface area contributed by atoms with E-state index in [4.69, 9.17) is 5.41 Å². The van der Waals surface area contributed by atoms with Crippen LogP contribution in [0.1, 0.15) is 6.42 Å². The van der Waals surface area contributed by atoms with E-state index < -0.39 is 0 Å². The molecule has 0 amide bonds. The Labute approximate surface area is 55.6 Å². The topological polar surface area (TPSA) is 39.1 Å². The maximum Gasteiger partial charge on any atom is 0.191 e. The van der Waals surface area contributed by atoms with Gasteiger partial charge in [-0.3, -0.25) is 5.41 Å². The Bertz CT molecular complexity index is 121. The first kappa shape index (κ1) is 6.39. The van der Waals surface area contributed by atoms with Crippen LogP contribution in [0.15, 0.2) is 0 Å². The molecule has 1 saturated heterocycles. The van der Waals surface area contributed by atoms with Gasteiger partial charge in [0.05, 0.1) is 0 Å². The van der Waals surface area contributed by atoms with Crippen molar-refractivity contribution in [2.75, 3.05) is 13.6 Å². The molecule has 3 heteroatoms. The summed E-state index contributed by atoms with van der Waals surface area (Å²) in [5.41, 5.74) is 0. The van der Waals surface area contributed by atoms with Crippen LogP contribution in [-0.2, 0) is 0 Å². The lowest BCUT2D eigenvalue weighted by Crippen LogP contribution is -2.29. The minimum Gasteiger partial charge on any atom is -0.354 e. The molecular weight excluding hydrogens is 114 g/mol. The number of guanidine groups is 1. The molecule has 2 N–H and O–H groups in total. The zero-order valence-corrected chi connectivity index (χ0v) is 5.65. The summed E-state index contributed by atoms with van der Waals surface area (Å²) in [6.45, 7) is 4.65. The molecule has 1 atom stereocenters. The third-order valence-corrected chi connectivity index (χ3v) is 1.74. The fraction of sp³-hybridized carbons (Fsp3) is 0.667. The summed E-state index contributed by atoms with van der Waals surface area (Å²) in [6, 6.07) is 0.428. The van der Waals surface area contributed by atoms with Gasteiger partial charge in [0, 0.05) is 19.6 Å². The Morgan fingerprint density at radius 2 is 2.67 bits per heavy atom. The highest BCUT2D eigenvalue weighted by Crippen LogP contribution is 2.04. The maximum absolute atomic E-state index is 7.28. The van der Waals surface area contributed by atoms with Gasteiger partial charge in [-0.05, 0) is 6.42 Å². The SMILES string of the molecule is [CH2]CC1CNC(=N)N1C. The van der Waals surface area contributed by atoms with Gasteiger partial charge in [0.1, 0.15) is 0 Å². The van der Waals surface area contributed by atoms with Gasteiger partial charge in [0.15, 0.2) is 5.96 Å². The fourth-order valence-corrected chi connectivity index (χ4v) is 0.954. The van der Waals surface area contributed by atoms with E-state index in [1.807, 2.05) is 11.9 Å². The van der Waals surface area contributed by atoms with Gasteiger partial charge in [-0.2, -0.15) is 0 Å². The number of rotatable bonds is 1. The second-order valence-corrected chi connectivity index (χ2v) is 2.28. The Hall–Kier alpha value is -0.730. The fourth-order valence-electron chi connectivity index (χ4n) is 0.954. The van der Waals surface area contributed by atoms with Crippen molar-refractivity contribution in [2.45, 2.75) is 12.5 Å². The standard InChI is InChI=1S/C6H12N3/c1-3-5-4-8-6(7)9(5)2/h5H,1,3-4H2,2H3,(H2,7,8). The predicted octanol–water partition coefficient (Wildman–Crippen LogP) is 0.0490. The molecule has 0 spiro atoms. The number of nitrogens with zero attached hydrogens (tertiary/aromatic N) is 1. The lowest BCUT2D eigenvalue weighted by Gasteiger charge is -2.16. The largest absolute Gasteiger partial charge is 0.354 e. The molecule has 0 aromatic heterocycles. The molecule has 0 aliphatic carbocycles. The van der Waals surface area contributed by atoms with Crippen molar-refractivity contribution in [1.82, 2.24) is 10.2 Å². The van der Waals surface area contributed by atoms with E-state index in [1.54, 1.807) is 0 Å². The molecule has 1 unspecified atom stereocenters. The van der Waals surface area contributed by atoms with Crippen molar-refractivity contribution in [3.05, 3.63) is 6.92 Å². The van der Waals surface area contributed by atoms with Gasteiger partial charge < -0.3 is 10.2 Å². The molecule has 0 bridgehead atoms. The Morgan fingerprint density at radius 1 is 2.00 bits per heavy atom. The van der Waals surface area contributed by atoms with E-state index in [0.717, 1.165) is 13.0 Å². The van der Waals surface area contributed by atoms with Gasteiger partial charge in [0.25, 0.3) is 0 Å². The van der Waals surface area contributed by atoms with Crippen molar-refractivity contribution in [3.8, 4) is 0 Å². The van der Waals surface area contributed by atoms with E-state index in [1.165, 1.54) is 0 Å². The molecule has 1 aliphatic heterocycles. The van der Waals surface area contributed by atoms with Gasteiger partial charge in [-0.25, -0.2) is 0 Å². The normalized spacial score (nSPS) is 26.7. The molecule has 1 fully saturated rings. The van der Waals surface area contributed by atoms with E-state index in [-0.39, 0.29) is 0 Å². The molecule has 1 heterocycles. The lowest BCUT2D eigenvalue weighted by atomic mass is 10.2. The van der Waals surface area contributed by atoms with Crippen molar-refractivity contribution in [2.24, 2.45) is 0 Å². The van der Waals surface area contributed by atoms with E-state index in [0.29, 0.717) is 12.0 Å². The van der Waals surface area contributed by atoms with Gasteiger partial charge >= 0.3 is 0 Å². The first-order chi connectivity index (χ1) is 4.25. The molecule has 51 valence electrons. The smallest absolute Gasteiger partial charge is 0.191 e. The van der Waals surface area contributed by atoms with Crippen LogP contribution in [0.5, 0.6) is 0 Å². The van der Waals surface area contributed by atoms with Gasteiger partial charge in [-0.15, -0.1) is 0 Å². The quantitative estimate of drug-likeness (QED) is 0.521. The van der Waals surface area contributed by atoms with Crippen molar-refractivity contribution in [1.29, 1.82) is 5.41 Å². The van der Waals surface area contributed by atoms with E-state index >= 15 is 0 Å². The summed E-state index contributed by atoms with van der Waals surface area (Å²) < 4.78 is 0. The number of nitrogens with one attached hydrogen (secondary N) is 2. The van der Waals surface area contributed by atoms with Crippen LogP contribution in [0.3, 0.4) is 0 Å². The molecule has 0 aromatic rings. The van der Waals surface area contributed by atoms with E-state index in [2.05, 4.69) is 12.2 Å². The molecule has 1 aliphatic rings. The number of hydrogen-bond donors (Lipinski definition) is 2. The van der Waals surface area contributed by atoms with Gasteiger partial charge in [-0.1, -0.05) is 6.92 Å². The zero-order valence-electron chi connectivity index (χ0n) is 5.65. The van der Waals surface area contributed by atoms with Crippen molar-refractivity contribution >= 4 is 5.96 Å². The monoisotopic (exact) mass is 126 g/mol. The van der Waals surface area contributed by atoms with Crippen LogP contribution in [0, 0.1) is 12.3 Å². The average Bonchev–Trinajstić information content (AvgIpc) is 2.15. The van der Waals surface area contributed by atoms with Crippen molar-refractivity contribution < 1.29 is 0 Å². The summed E-state index contributed by atoms with van der Waals surface area (Å²) in [5.74, 6) is 0.517. The highest BCUT2D eigenvalue weighted by Gasteiger charge is 2.21. The highest BCUT2D eigenvalue weighted by molar-refractivity contribution is 5.78. The summed E-state index contributed by atoms with van der Waals surface area (Å²) in [6.07, 6.45) is 0.867. The minimum absolute atomic E-state index is 0.428. The second-order valence-electron chi connectivity index (χ2n) is 2.28. The first-order valence-corrected chi connectivity index (χ1v) is 3.10. The van der Waals surface area contributed by atoms with Crippen LogP contribution in [0.2, 0.25) is 0 Å². The lowest BCUT2D eigenvalue weighted by molar-refractivity contribution is 0.411. The number of likely N-dealkylation sites (N-methyl/N-ethyl adjacent to an activating group) is 1. The summed E-state index contributed by atoms with van der Waals surface area (Å²) in [4.78, 5) is 1.91. The minimum atomic E-state index is 0.428. The predicted molar refractivity (Wildman–Crippen MR) is 37.3 cm³/mol. The molecule has 0 saturated carbocycles. The summed E-state index contributed by atoms with van der Waals surface area (Å²) in [5, 5.41) is 10.2. The maximum atomic E-state index is 7.28.